The third-order valence-corrected chi connectivity index (χ3v) is 2.07. The van der Waals surface area contributed by atoms with Crippen LogP contribution in [0.3, 0.4) is 0 Å². The maximum Gasteiger partial charge on any atom is 0.152 e. The van der Waals surface area contributed by atoms with Crippen molar-refractivity contribution in [1.29, 1.82) is 0 Å². The number of carbonyl (C=O) groups excluding carboxylic acids is 1. The summed E-state index contributed by atoms with van der Waals surface area (Å²) in [5.41, 5.74) is 1.65. The van der Waals surface area contributed by atoms with Gasteiger partial charge in [-0.2, -0.15) is 0 Å². The topological polar surface area (TPSA) is 29.4 Å². The van der Waals surface area contributed by atoms with E-state index in [9.17, 15) is 4.79 Å². The molecule has 1 aromatic carbocycles. The van der Waals surface area contributed by atoms with Crippen molar-refractivity contribution in [3.8, 4) is 0 Å². The highest BCUT2D eigenvalue weighted by molar-refractivity contribution is 6.31. The van der Waals surface area contributed by atoms with Gasteiger partial charge in [0.1, 0.15) is 0 Å². The molecule has 0 atom stereocenters. The molecule has 3 heteroatoms. The predicted molar refractivity (Wildman–Crippen MR) is 63.7 cm³/mol. The van der Waals surface area contributed by atoms with Crippen LogP contribution in [0.5, 0.6) is 0 Å². The minimum absolute atomic E-state index is 0.00169. The first kappa shape index (κ1) is 11.7. The molecule has 0 radical (unpaired) electrons. The highest BCUT2D eigenvalue weighted by Crippen LogP contribution is 2.12. The van der Waals surface area contributed by atoms with E-state index < -0.39 is 0 Å². The number of halogens is 1. The standard InChI is InChI=1S/C12H12ClNO/c1-9(15)6-7-12(14-2)10-4-3-5-11(13)8-10/h3-8H,1-2H3/b7-6-,14-12?. The molecule has 0 aromatic heterocycles. The number of nitrogens with zero attached hydrogens (tertiary/aromatic N) is 1. The molecule has 1 aromatic rings. The number of allylic oxidation sites excluding steroid dienone is 2. The third kappa shape index (κ3) is 3.68. The Labute approximate surface area is 94.3 Å². The van der Waals surface area contributed by atoms with Crippen LogP contribution < -0.4 is 0 Å². The van der Waals surface area contributed by atoms with Crippen LogP contribution in [-0.2, 0) is 4.79 Å². The summed E-state index contributed by atoms with van der Waals surface area (Å²) in [6, 6.07) is 7.37. The molecule has 0 aliphatic rings. The summed E-state index contributed by atoms with van der Waals surface area (Å²) in [6.07, 6.45) is 3.18. The van der Waals surface area contributed by atoms with Crippen molar-refractivity contribution < 1.29 is 4.79 Å². The van der Waals surface area contributed by atoms with Gasteiger partial charge in [-0.15, -0.1) is 0 Å². The first-order chi connectivity index (χ1) is 7.13. The van der Waals surface area contributed by atoms with Gasteiger partial charge in [-0.05, 0) is 31.2 Å². The van der Waals surface area contributed by atoms with E-state index in [1.54, 1.807) is 19.2 Å². The summed E-state index contributed by atoms with van der Waals surface area (Å²) in [5.74, 6) is -0.00169. The molecule has 0 saturated heterocycles. The van der Waals surface area contributed by atoms with Crippen LogP contribution in [0.15, 0.2) is 41.4 Å². The second kappa shape index (κ2) is 5.47. The van der Waals surface area contributed by atoms with Crippen LogP contribution in [0.25, 0.3) is 0 Å². The summed E-state index contributed by atoms with van der Waals surface area (Å²) in [4.78, 5) is 14.9. The Morgan fingerprint density at radius 2 is 2.13 bits per heavy atom. The van der Waals surface area contributed by atoms with Crippen molar-refractivity contribution in [3.63, 3.8) is 0 Å². The van der Waals surface area contributed by atoms with Gasteiger partial charge in [-0.1, -0.05) is 23.7 Å². The molecule has 0 heterocycles. The number of hydrogen-bond acceptors (Lipinski definition) is 2. The van der Waals surface area contributed by atoms with Crippen LogP contribution >= 0.6 is 11.6 Å². The Hall–Kier alpha value is -1.41. The lowest BCUT2D eigenvalue weighted by molar-refractivity contribution is -0.112. The van der Waals surface area contributed by atoms with E-state index in [0.29, 0.717) is 5.02 Å². The lowest BCUT2D eigenvalue weighted by Crippen LogP contribution is -1.97. The lowest BCUT2D eigenvalue weighted by Gasteiger charge is -2.00. The van der Waals surface area contributed by atoms with Gasteiger partial charge in [0.25, 0.3) is 0 Å². The summed E-state index contributed by atoms with van der Waals surface area (Å²) in [6.45, 7) is 1.50. The number of rotatable bonds is 3. The molecule has 0 bridgehead atoms. The zero-order valence-electron chi connectivity index (χ0n) is 8.70. The van der Waals surface area contributed by atoms with Crippen LogP contribution in [0, 0.1) is 0 Å². The molecule has 0 spiro atoms. The number of hydrogen-bond donors (Lipinski definition) is 0. The van der Waals surface area contributed by atoms with Gasteiger partial charge in [-0.25, -0.2) is 0 Å². The molecule has 0 fully saturated rings. The fourth-order valence-electron chi connectivity index (χ4n) is 1.14. The number of aliphatic imine (C=N–C) groups is 1. The van der Waals surface area contributed by atoms with Crippen molar-refractivity contribution in [1.82, 2.24) is 0 Å². The summed E-state index contributed by atoms with van der Waals surface area (Å²) in [7, 11) is 1.68. The van der Waals surface area contributed by atoms with Gasteiger partial charge in [-0.3, -0.25) is 9.79 Å². The maximum atomic E-state index is 10.8. The normalized spacial score (nSPS) is 12.1. The highest BCUT2D eigenvalue weighted by atomic mass is 35.5. The molecule has 0 aliphatic heterocycles. The molecule has 0 N–H and O–H groups in total. The third-order valence-electron chi connectivity index (χ3n) is 1.84. The first-order valence-electron chi connectivity index (χ1n) is 4.55. The van der Waals surface area contributed by atoms with E-state index in [2.05, 4.69) is 4.99 Å². The fourth-order valence-corrected chi connectivity index (χ4v) is 1.33. The second-order valence-corrected chi connectivity index (χ2v) is 3.50. The molecule has 0 aliphatic carbocycles. The van der Waals surface area contributed by atoms with E-state index in [1.807, 2.05) is 18.2 Å². The average molecular weight is 222 g/mol. The summed E-state index contributed by atoms with van der Waals surface area (Å²) < 4.78 is 0. The van der Waals surface area contributed by atoms with Crippen LogP contribution in [0.2, 0.25) is 5.02 Å². The van der Waals surface area contributed by atoms with E-state index in [1.165, 1.54) is 13.0 Å². The van der Waals surface area contributed by atoms with Gasteiger partial charge in [0, 0.05) is 17.6 Å². The minimum Gasteiger partial charge on any atom is -0.295 e. The molecule has 0 amide bonds. The number of benzene rings is 1. The molecular weight excluding hydrogens is 210 g/mol. The van der Waals surface area contributed by atoms with E-state index >= 15 is 0 Å². The van der Waals surface area contributed by atoms with Gasteiger partial charge < -0.3 is 0 Å². The fraction of sp³-hybridized carbons (Fsp3) is 0.167. The molecule has 78 valence electrons. The summed E-state index contributed by atoms with van der Waals surface area (Å²) in [5, 5.41) is 0.657. The van der Waals surface area contributed by atoms with Crippen molar-refractivity contribution in [3.05, 3.63) is 47.0 Å². The lowest BCUT2D eigenvalue weighted by atomic mass is 10.1. The van der Waals surface area contributed by atoms with Gasteiger partial charge in [0.15, 0.2) is 5.78 Å². The Kier molecular flexibility index (Phi) is 4.25. The van der Waals surface area contributed by atoms with Crippen LogP contribution in [-0.4, -0.2) is 18.5 Å². The molecular formula is C12H12ClNO. The first-order valence-corrected chi connectivity index (χ1v) is 4.92. The Morgan fingerprint density at radius 3 is 2.67 bits per heavy atom. The molecule has 2 nitrogen and oxygen atoms in total. The number of ketones is 1. The van der Waals surface area contributed by atoms with Crippen molar-refractivity contribution >= 4 is 23.1 Å². The van der Waals surface area contributed by atoms with Crippen molar-refractivity contribution in [2.24, 2.45) is 4.99 Å². The smallest absolute Gasteiger partial charge is 0.152 e. The zero-order chi connectivity index (χ0) is 11.3. The largest absolute Gasteiger partial charge is 0.295 e. The average Bonchev–Trinajstić information content (AvgIpc) is 2.18. The Bertz CT molecular complexity index is 421. The number of carbonyl (C=O) groups is 1. The molecule has 0 unspecified atom stereocenters. The Balaban J connectivity index is 2.99. The predicted octanol–water partition coefficient (Wildman–Crippen LogP) is 2.90. The van der Waals surface area contributed by atoms with Crippen LogP contribution in [0.1, 0.15) is 12.5 Å². The van der Waals surface area contributed by atoms with Crippen molar-refractivity contribution in [2.75, 3.05) is 7.05 Å². The van der Waals surface area contributed by atoms with Gasteiger partial charge in [0.05, 0.1) is 5.71 Å². The van der Waals surface area contributed by atoms with Crippen LogP contribution in [0.4, 0.5) is 0 Å². The molecule has 0 saturated carbocycles. The molecule has 15 heavy (non-hydrogen) atoms. The van der Waals surface area contributed by atoms with E-state index in [-0.39, 0.29) is 5.78 Å². The Morgan fingerprint density at radius 1 is 1.40 bits per heavy atom. The minimum atomic E-state index is -0.00169. The van der Waals surface area contributed by atoms with E-state index in [4.69, 9.17) is 11.6 Å². The van der Waals surface area contributed by atoms with Gasteiger partial charge in [0.2, 0.25) is 0 Å². The van der Waals surface area contributed by atoms with Gasteiger partial charge >= 0.3 is 0 Å². The maximum absolute atomic E-state index is 10.8. The zero-order valence-corrected chi connectivity index (χ0v) is 9.45. The SMILES string of the molecule is CN=C(/C=C\C(C)=O)c1cccc(Cl)c1. The monoisotopic (exact) mass is 221 g/mol. The summed E-state index contributed by atoms with van der Waals surface area (Å²) >= 11 is 5.86. The van der Waals surface area contributed by atoms with Crippen molar-refractivity contribution in [2.45, 2.75) is 6.92 Å². The highest BCUT2D eigenvalue weighted by Gasteiger charge is 1.99. The molecule has 1 rings (SSSR count). The quantitative estimate of drug-likeness (QED) is 0.570. The van der Waals surface area contributed by atoms with E-state index in [0.717, 1.165) is 11.3 Å². The second-order valence-electron chi connectivity index (χ2n) is 3.06.